The van der Waals surface area contributed by atoms with Crippen LogP contribution in [0.5, 0.6) is 0 Å². The van der Waals surface area contributed by atoms with E-state index in [2.05, 4.69) is 9.88 Å². The van der Waals surface area contributed by atoms with Crippen molar-refractivity contribution < 1.29 is 9.90 Å². The Labute approximate surface area is 122 Å². The molecule has 1 aromatic carbocycles. The monoisotopic (exact) mass is 290 g/mol. The number of aromatic nitrogens is 1. The number of carbonyl (C=O) groups is 1. The number of rotatable bonds is 3. The van der Waals surface area contributed by atoms with Gasteiger partial charge in [-0.15, -0.1) is 0 Å². The summed E-state index contributed by atoms with van der Waals surface area (Å²) in [5.41, 5.74) is 2.79. The lowest BCUT2D eigenvalue weighted by molar-refractivity contribution is -0.147. The van der Waals surface area contributed by atoms with Crippen molar-refractivity contribution in [2.75, 3.05) is 13.1 Å². The fraction of sp³-hybridized carbons (Fsp3) is 0.333. The van der Waals surface area contributed by atoms with Gasteiger partial charge in [-0.1, -0.05) is 29.8 Å². The number of fused-ring (bicyclic) bond motifs is 1. The van der Waals surface area contributed by atoms with Gasteiger partial charge in [-0.2, -0.15) is 0 Å². The van der Waals surface area contributed by atoms with Gasteiger partial charge < -0.3 is 5.11 Å². The number of halogens is 1. The first-order valence-corrected chi connectivity index (χ1v) is 6.93. The Balaban J connectivity index is 1.86. The van der Waals surface area contributed by atoms with Crippen molar-refractivity contribution in [3.63, 3.8) is 0 Å². The predicted octanol–water partition coefficient (Wildman–Crippen LogP) is 2.71. The molecule has 0 unspecified atom stereocenters. The summed E-state index contributed by atoms with van der Waals surface area (Å²) in [7, 11) is 0. The van der Waals surface area contributed by atoms with Crippen LogP contribution in [0.25, 0.3) is 10.9 Å². The molecule has 1 saturated heterocycles. The number of likely N-dealkylation sites (tertiary alicyclic amines) is 1. The highest BCUT2D eigenvalue weighted by Crippen LogP contribution is 2.29. The van der Waals surface area contributed by atoms with Gasteiger partial charge in [0.25, 0.3) is 0 Å². The van der Waals surface area contributed by atoms with Crippen LogP contribution in [0.1, 0.15) is 11.3 Å². The smallest absolute Gasteiger partial charge is 0.309 e. The van der Waals surface area contributed by atoms with E-state index in [1.54, 1.807) is 0 Å². The van der Waals surface area contributed by atoms with E-state index in [0.29, 0.717) is 24.7 Å². The number of aryl methyl sites for hydroxylation is 1. The SMILES string of the molecule is Cc1c(Cl)c(CN2CC(C(=O)O)C2)nc2ccccc12. The Morgan fingerprint density at radius 3 is 2.85 bits per heavy atom. The summed E-state index contributed by atoms with van der Waals surface area (Å²) in [6.45, 7) is 3.73. The maximum atomic E-state index is 10.8. The molecule has 0 spiro atoms. The van der Waals surface area contributed by atoms with E-state index >= 15 is 0 Å². The Bertz CT molecular complexity index is 681. The van der Waals surface area contributed by atoms with Crippen LogP contribution in [0.2, 0.25) is 5.02 Å². The molecule has 1 aromatic heterocycles. The van der Waals surface area contributed by atoms with Crippen molar-refractivity contribution in [3.8, 4) is 0 Å². The molecular formula is C15H15ClN2O2. The third kappa shape index (κ3) is 2.25. The Kier molecular flexibility index (Phi) is 3.36. The van der Waals surface area contributed by atoms with Gasteiger partial charge in [0.15, 0.2) is 0 Å². The molecular weight excluding hydrogens is 276 g/mol. The molecule has 4 nitrogen and oxygen atoms in total. The third-order valence-electron chi connectivity index (χ3n) is 3.83. The Morgan fingerprint density at radius 2 is 2.15 bits per heavy atom. The third-order valence-corrected chi connectivity index (χ3v) is 4.33. The topological polar surface area (TPSA) is 53.4 Å². The van der Waals surface area contributed by atoms with Crippen LogP contribution >= 0.6 is 11.6 Å². The van der Waals surface area contributed by atoms with E-state index in [1.807, 2.05) is 31.2 Å². The lowest BCUT2D eigenvalue weighted by Crippen LogP contribution is -2.49. The van der Waals surface area contributed by atoms with Crippen molar-refractivity contribution in [1.29, 1.82) is 0 Å². The standard InChI is InChI=1S/C15H15ClN2O2/c1-9-11-4-2-3-5-12(11)17-13(14(9)16)8-18-6-10(7-18)15(19)20/h2-5,10H,6-8H2,1H3,(H,19,20). The molecule has 0 radical (unpaired) electrons. The molecule has 0 bridgehead atoms. The number of hydrogen-bond donors (Lipinski definition) is 1. The van der Waals surface area contributed by atoms with E-state index in [0.717, 1.165) is 22.2 Å². The van der Waals surface area contributed by atoms with Gasteiger partial charge in [0.1, 0.15) is 0 Å². The molecule has 104 valence electrons. The van der Waals surface area contributed by atoms with Gasteiger partial charge in [-0.25, -0.2) is 4.98 Å². The fourth-order valence-electron chi connectivity index (χ4n) is 2.59. The molecule has 2 aromatic rings. The fourth-order valence-corrected chi connectivity index (χ4v) is 2.79. The van der Waals surface area contributed by atoms with Gasteiger partial charge in [-0.3, -0.25) is 9.69 Å². The van der Waals surface area contributed by atoms with Crippen LogP contribution < -0.4 is 0 Å². The summed E-state index contributed by atoms with van der Waals surface area (Å²) in [6.07, 6.45) is 0. The zero-order valence-corrected chi connectivity index (χ0v) is 11.9. The number of pyridine rings is 1. The number of carboxylic acids is 1. The van der Waals surface area contributed by atoms with Crippen molar-refractivity contribution in [3.05, 3.63) is 40.5 Å². The molecule has 1 N–H and O–H groups in total. The first-order chi connectivity index (χ1) is 9.56. The van der Waals surface area contributed by atoms with Crippen LogP contribution in [0.15, 0.2) is 24.3 Å². The molecule has 0 aliphatic carbocycles. The molecule has 3 rings (SSSR count). The second kappa shape index (κ2) is 5.04. The van der Waals surface area contributed by atoms with E-state index in [9.17, 15) is 4.79 Å². The lowest BCUT2D eigenvalue weighted by atomic mass is 10.00. The highest BCUT2D eigenvalue weighted by molar-refractivity contribution is 6.32. The number of carboxylic acid groups (broad SMARTS) is 1. The minimum Gasteiger partial charge on any atom is -0.481 e. The second-order valence-corrected chi connectivity index (χ2v) is 5.62. The van der Waals surface area contributed by atoms with Crippen LogP contribution in [0, 0.1) is 12.8 Å². The summed E-state index contributed by atoms with van der Waals surface area (Å²) >= 11 is 6.39. The van der Waals surface area contributed by atoms with Crippen LogP contribution in [-0.4, -0.2) is 34.0 Å². The highest BCUT2D eigenvalue weighted by atomic mass is 35.5. The quantitative estimate of drug-likeness (QED) is 0.944. The van der Waals surface area contributed by atoms with Crippen molar-refractivity contribution in [2.45, 2.75) is 13.5 Å². The predicted molar refractivity (Wildman–Crippen MR) is 77.9 cm³/mol. The summed E-state index contributed by atoms with van der Waals surface area (Å²) < 4.78 is 0. The molecule has 5 heteroatoms. The number of aliphatic carboxylic acids is 1. The van der Waals surface area contributed by atoms with Gasteiger partial charge >= 0.3 is 5.97 Å². The molecule has 0 saturated carbocycles. The second-order valence-electron chi connectivity index (χ2n) is 5.24. The largest absolute Gasteiger partial charge is 0.481 e. The molecule has 1 aliphatic rings. The highest BCUT2D eigenvalue weighted by Gasteiger charge is 2.32. The number of para-hydroxylation sites is 1. The number of hydrogen-bond acceptors (Lipinski definition) is 3. The molecule has 0 atom stereocenters. The Morgan fingerprint density at radius 1 is 1.45 bits per heavy atom. The first kappa shape index (κ1) is 13.3. The average molecular weight is 291 g/mol. The van der Waals surface area contributed by atoms with E-state index in [4.69, 9.17) is 16.7 Å². The molecule has 2 heterocycles. The van der Waals surface area contributed by atoms with Gasteiger partial charge in [0, 0.05) is 25.0 Å². The van der Waals surface area contributed by atoms with Crippen molar-refractivity contribution in [1.82, 2.24) is 9.88 Å². The number of benzene rings is 1. The summed E-state index contributed by atoms with van der Waals surface area (Å²) in [6, 6.07) is 7.91. The summed E-state index contributed by atoms with van der Waals surface area (Å²) in [5.74, 6) is -0.981. The number of nitrogens with zero attached hydrogens (tertiary/aromatic N) is 2. The average Bonchev–Trinajstić information content (AvgIpc) is 2.38. The lowest BCUT2D eigenvalue weighted by Gasteiger charge is -2.36. The minimum absolute atomic E-state index is 0.254. The van der Waals surface area contributed by atoms with E-state index in [-0.39, 0.29) is 5.92 Å². The zero-order valence-electron chi connectivity index (χ0n) is 11.1. The molecule has 1 aliphatic heterocycles. The minimum atomic E-state index is -0.727. The maximum absolute atomic E-state index is 10.8. The van der Waals surface area contributed by atoms with Crippen LogP contribution in [0.3, 0.4) is 0 Å². The van der Waals surface area contributed by atoms with E-state index in [1.165, 1.54) is 0 Å². The maximum Gasteiger partial charge on any atom is 0.309 e. The normalized spacial score (nSPS) is 16.3. The zero-order chi connectivity index (χ0) is 14.3. The summed E-state index contributed by atoms with van der Waals surface area (Å²) in [4.78, 5) is 17.5. The molecule has 1 fully saturated rings. The van der Waals surface area contributed by atoms with Crippen molar-refractivity contribution >= 4 is 28.5 Å². The van der Waals surface area contributed by atoms with Gasteiger partial charge in [0.2, 0.25) is 0 Å². The van der Waals surface area contributed by atoms with Crippen molar-refractivity contribution in [2.24, 2.45) is 5.92 Å². The molecule has 20 heavy (non-hydrogen) atoms. The van der Waals surface area contributed by atoms with Crippen LogP contribution in [0.4, 0.5) is 0 Å². The Hall–Kier alpha value is -1.65. The summed E-state index contributed by atoms with van der Waals surface area (Å²) in [5, 5.41) is 10.6. The van der Waals surface area contributed by atoms with Gasteiger partial charge in [-0.05, 0) is 18.6 Å². The first-order valence-electron chi connectivity index (χ1n) is 6.55. The van der Waals surface area contributed by atoms with Gasteiger partial charge in [0.05, 0.1) is 22.2 Å². The van der Waals surface area contributed by atoms with Crippen LogP contribution in [-0.2, 0) is 11.3 Å². The molecule has 0 amide bonds. The van der Waals surface area contributed by atoms with E-state index < -0.39 is 5.97 Å².